The van der Waals surface area contributed by atoms with Crippen LogP contribution in [-0.2, 0) is 4.79 Å². The molecule has 2 nitrogen and oxygen atoms in total. The van der Waals surface area contributed by atoms with E-state index in [2.05, 4.69) is 11.9 Å². The van der Waals surface area contributed by atoms with Gasteiger partial charge in [0.05, 0.1) is 0 Å². The third kappa shape index (κ3) is 2.68. The van der Waals surface area contributed by atoms with Gasteiger partial charge in [0.2, 0.25) is 5.91 Å². The van der Waals surface area contributed by atoms with Crippen LogP contribution in [0.15, 0.2) is 12.7 Å². The van der Waals surface area contributed by atoms with Crippen LogP contribution in [0.25, 0.3) is 0 Å². The maximum absolute atomic E-state index is 11.4. The Bertz CT molecular complexity index is 159. The van der Waals surface area contributed by atoms with Gasteiger partial charge in [-0.05, 0) is 19.3 Å². The molecule has 0 aromatic carbocycles. The van der Waals surface area contributed by atoms with Gasteiger partial charge >= 0.3 is 0 Å². The van der Waals surface area contributed by atoms with Gasteiger partial charge in [-0.1, -0.05) is 18.9 Å². The lowest BCUT2D eigenvalue weighted by Crippen LogP contribution is -2.29. The number of carbonyl (C=O) groups is 1. The number of hydrogen-bond acceptors (Lipinski definition) is 1. The van der Waals surface area contributed by atoms with E-state index in [1.807, 2.05) is 6.08 Å². The third-order valence-corrected chi connectivity index (χ3v) is 2.37. The average Bonchev–Trinajstić information content (AvgIpc) is 2.56. The van der Waals surface area contributed by atoms with Crippen molar-refractivity contribution in [1.82, 2.24) is 5.32 Å². The van der Waals surface area contributed by atoms with Crippen LogP contribution >= 0.6 is 0 Å². The van der Waals surface area contributed by atoms with Crippen LogP contribution < -0.4 is 5.32 Å². The SMILES string of the molecule is C=CCCNC(=O)C1CCCC1. The summed E-state index contributed by atoms with van der Waals surface area (Å²) >= 11 is 0. The van der Waals surface area contributed by atoms with Crippen molar-refractivity contribution in [3.8, 4) is 0 Å². The Morgan fingerprint density at radius 3 is 2.75 bits per heavy atom. The summed E-state index contributed by atoms with van der Waals surface area (Å²) in [6, 6.07) is 0. The largest absolute Gasteiger partial charge is 0.356 e. The first-order valence-electron chi connectivity index (χ1n) is 4.73. The van der Waals surface area contributed by atoms with Crippen molar-refractivity contribution in [3.05, 3.63) is 12.7 Å². The van der Waals surface area contributed by atoms with Crippen molar-refractivity contribution in [2.45, 2.75) is 32.1 Å². The molecule has 0 spiro atoms. The molecule has 1 N–H and O–H groups in total. The summed E-state index contributed by atoms with van der Waals surface area (Å²) in [7, 11) is 0. The van der Waals surface area contributed by atoms with E-state index in [1.54, 1.807) is 0 Å². The maximum atomic E-state index is 11.4. The highest BCUT2D eigenvalue weighted by Crippen LogP contribution is 2.24. The van der Waals surface area contributed by atoms with Crippen LogP contribution in [0.1, 0.15) is 32.1 Å². The second-order valence-corrected chi connectivity index (χ2v) is 3.35. The smallest absolute Gasteiger partial charge is 0.223 e. The van der Waals surface area contributed by atoms with E-state index in [9.17, 15) is 4.79 Å². The summed E-state index contributed by atoms with van der Waals surface area (Å²) in [5.74, 6) is 0.546. The van der Waals surface area contributed by atoms with Crippen molar-refractivity contribution < 1.29 is 4.79 Å². The monoisotopic (exact) mass is 167 g/mol. The van der Waals surface area contributed by atoms with Gasteiger partial charge in [-0.15, -0.1) is 6.58 Å². The summed E-state index contributed by atoms with van der Waals surface area (Å²) in [5, 5.41) is 2.92. The summed E-state index contributed by atoms with van der Waals surface area (Å²) < 4.78 is 0. The predicted octanol–water partition coefficient (Wildman–Crippen LogP) is 1.87. The molecule has 0 heterocycles. The van der Waals surface area contributed by atoms with Crippen LogP contribution in [0.3, 0.4) is 0 Å². The highest BCUT2D eigenvalue weighted by atomic mass is 16.1. The zero-order chi connectivity index (χ0) is 8.81. The standard InChI is InChI=1S/C10H17NO/c1-2-3-8-11-10(12)9-6-4-5-7-9/h2,9H,1,3-8H2,(H,11,12). The van der Waals surface area contributed by atoms with E-state index in [0.717, 1.165) is 25.8 Å². The summed E-state index contributed by atoms with van der Waals surface area (Å²) in [5.41, 5.74) is 0. The zero-order valence-electron chi connectivity index (χ0n) is 7.51. The van der Waals surface area contributed by atoms with Gasteiger partial charge in [0.1, 0.15) is 0 Å². The number of hydrogen-bond donors (Lipinski definition) is 1. The molecule has 0 unspecified atom stereocenters. The van der Waals surface area contributed by atoms with Crippen LogP contribution in [-0.4, -0.2) is 12.5 Å². The number of amides is 1. The van der Waals surface area contributed by atoms with Crippen molar-refractivity contribution in [3.63, 3.8) is 0 Å². The minimum Gasteiger partial charge on any atom is -0.356 e. The second-order valence-electron chi connectivity index (χ2n) is 3.35. The van der Waals surface area contributed by atoms with Gasteiger partial charge in [-0.3, -0.25) is 4.79 Å². The Morgan fingerprint density at radius 1 is 1.50 bits per heavy atom. The molecule has 0 atom stereocenters. The minimum atomic E-state index is 0.245. The molecule has 1 amide bonds. The molecule has 2 heteroatoms. The Hall–Kier alpha value is -0.790. The lowest BCUT2D eigenvalue weighted by atomic mass is 10.1. The minimum absolute atomic E-state index is 0.245. The normalized spacial score (nSPS) is 17.7. The molecular formula is C10H17NO. The van der Waals surface area contributed by atoms with E-state index in [1.165, 1.54) is 12.8 Å². The van der Waals surface area contributed by atoms with Gasteiger partial charge < -0.3 is 5.32 Å². The Morgan fingerprint density at radius 2 is 2.17 bits per heavy atom. The number of carbonyl (C=O) groups excluding carboxylic acids is 1. The summed E-state index contributed by atoms with van der Waals surface area (Å²) in [6.45, 7) is 4.35. The highest BCUT2D eigenvalue weighted by molar-refractivity contribution is 5.78. The molecule has 1 rings (SSSR count). The van der Waals surface area contributed by atoms with Crippen molar-refractivity contribution in [2.75, 3.05) is 6.54 Å². The third-order valence-electron chi connectivity index (χ3n) is 2.37. The molecule has 0 bridgehead atoms. The first-order chi connectivity index (χ1) is 5.84. The first-order valence-corrected chi connectivity index (χ1v) is 4.73. The number of rotatable bonds is 4. The summed E-state index contributed by atoms with van der Waals surface area (Å²) in [4.78, 5) is 11.4. The summed E-state index contributed by atoms with van der Waals surface area (Å²) in [6.07, 6.45) is 7.31. The molecule has 0 aromatic heterocycles. The van der Waals surface area contributed by atoms with E-state index in [0.29, 0.717) is 5.92 Å². The molecule has 1 aliphatic carbocycles. The highest BCUT2D eigenvalue weighted by Gasteiger charge is 2.21. The van der Waals surface area contributed by atoms with Crippen molar-refractivity contribution >= 4 is 5.91 Å². The lowest BCUT2D eigenvalue weighted by molar-refractivity contribution is -0.124. The van der Waals surface area contributed by atoms with Gasteiger partial charge in [0.25, 0.3) is 0 Å². The van der Waals surface area contributed by atoms with E-state index in [4.69, 9.17) is 0 Å². The van der Waals surface area contributed by atoms with Gasteiger partial charge in [-0.2, -0.15) is 0 Å². The topological polar surface area (TPSA) is 29.1 Å². The van der Waals surface area contributed by atoms with Gasteiger partial charge in [-0.25, -0.2) is 0 Å². The van der Waals surface area contributed by atoms with Gasteiger partial charge in [0.15, 0.2) is 0 Å². The van der Waals surface area contributed by atoms with Crippen LogP contribution in [0.5, 0.6) is 0 Å². The quantitative estimate of drug-likeness (QED) is 0.502. The molecule has 12 heavy (non-hydrogen) atoms. The van der Waals surface area contributed by atoms with Crippen LogP contribution in [0, 0.1) is 5.92 Å². The fraction of sp³-hybridized carbons (Fsp3) is 0.700. The molecule has 1 saturated carbocycles. The molecule has 68 valence electrons. The second kappa shape index (κ2) is 4.96. The van der Waals surface area contributed by atoms with E-state index < -0.39 is 0 Å². The van der Waals surface area contributed by atoms with Crippen molar-refractivity contribution in [2.24, 2.45) is 5.92 Å². The molecule has 1 aliphatic rings. The van der Waals surface area contributed by atoms with Gasteiger partial charge in [0, 0.05) is 12.5 Å². The average molecular weight is 167 g/mol. The molecule has 1 fully saturated rings. The Balaban J connectivity index is 2.14. The Labute approximate surface area is 74.0 Å². The maximum Gasteiger partial charge on any atom is 0.223 e. The lowest BCUT2D eigenvalue weighted by Gasteiger charge is -2.08. The molecule has 0 aromatic rings. The van der Waals surface area contributed by atoms with E-state index >= 15 is 0 Å². The predicted molar refractivity (Wildman–Crippen MR) is 49.8 cm³/mol. The number of nitrogens with one attached hydrogen (secondary N) is 1. The molecule has 0 aliphatic heterocycles. The molecule has 0 radical (unpaired) electrons. The van der Waals surface area contributed by atoms with Crippen LogP contribution in [0.2, 0.25) is 0 Å². The van der Waals surface area contributed by atoms with E-state index in [-0.39, 0.29) is 5.91 Å². The van der Waals surface area contributed by atoms with Crippen molar-refractivity contribution in [1.29, 1.82) is 0 Å². The van der Waals surface area contributed by atoms with Crippen LogP contribution in [0.4, 0.5) is 0 Å². The molecule has 0 saturated heterocycles. The first kappa shape index (κ1) is 9.30. The zero-order valence-corrected chi connectivity index (χ0v) is 7.51. The molecular weight excluding hydrogens is 150 g/mol. The Kier molecular flexibility index (Phi) is 3.85. The fourth-order valence-corrected chi connectivity index (χ4v) is 1.63. The fourth-order valence-electron chi connectivity index (χ4n) is 1.63.